The lowest BCUT2D eigenvalue weighted by atomic mass is 10.1. The van der Waals surface area contributed by atoms with Crippen molar-refractivity contribution in [1.29, 1.82) is 0 Å². The van der Waals surface area contributed by atoms with E-state index >= 15 is 0 Å². The zero-order valence-electron chi connectivity index (χ0n) is 15.6. The Morgan fingerprint density at radius 2 is 1.48 bits per heavy atom. The summed E-state index contributed by atoms with van der Waals surface area (Å²) in [7, 11) is -0.701. The van der Waals surface area contributed by atoms with E-state index in [1.54, 1.807) is 0 Å². The highest BCUT2D eigenvalue weighted by atomic mass is 35.5. The van der Waals surface area contributed by atoms with Crippen LogP contribution in [0.5, 0.6) is 0 Å². The molecular weight excluding hydrogens is 424 g/mol. The van der Waals surface area contributed by atoms with E-state index < -0.39 is 32.8 Å². The van der Waals surface area contributed by atoms with Crippen molar-refractivity contribution in [3.63, 3.8) is 0 Å². The number of carbonyl (C=O) groups excluding carboxylic acids is 3. The summed E-state index contributed by atoms with van der Waals surface area (Å²) >= 11 is 5.89. The molecule has 29 heavy (non-hydrogen) atoms. The third-order valence-corrected chi connectivity index (χ3v) is 5.34. The summed E-state index contributed by atoms with van der Waals surface area (Å²) in [5.41, 5.74) is -0.394. The Morgan fingerprint density at radius 3 is 1.97 bits per heavy atom. The first-order chi connectivity index (χ1) is 13.6. The van der Waals surface area contributed by atoms with Crippen molar-refractivity contribution in [3.05, 3.63) is 58.1 Å². The van der Waals surface area contributed by atoms with E-state index in [0.717, 1.165) is 32.4 Å². The average molecular weight is 441 g/mol. The van der Waals surface area contributed by atoms with Crippen LogP contribution in [-0.2, 0) is 19.5 Å². The number of methoxy groups -OCH3 is 2. The highest BCUT2D eigenvalue weighted by Crippen LogP contribution is 2.25. The maximum atomic E-state index is 12.9. The molecule has 154 valence electrons. The van der Waals surface area contributed by atoms with E-state index in [1.165, 1.54) is 25.2 Å². The number of hydrogen-bond donors (Lipinski definition) is 2. The fourth-order valence-corrected chi connectivity index (χ4v) is 3.68. The molecule has 0 heterocycles. The van der Waals surface area contributed by atoms with E-state index in [2.05, 4.69) is 19.5 Å². The van der Waals surface area contributed by atoms with Crippen molar-refractivity contribution < 1.29 is 32.3 Å². The summed E-state index contributed by atoms with van der Waals surface area (Å²) < 4.78 is 37.2. The zero-order valence-corrected chi connectivity index (χ0v) is 17.2. The number of carbonyl (C=O) groups is 3. The van der Waals surface area contributed by atoms with Crippen LogP contribution in [0, 0.1) is 0 Å². The Balaban J connectivity index is 2.58. The van der Waals surface area contributed by atoms with Gasteiger partial charge in [0.15, 0.2) is 0 Å². The van der Waals surface area contributed by atoms with Gasteiger partial charge in [-0.05, 0) is 36.4 Å². The first kappa shape index (κ1) is 22.2. The maximum Gasteiger partial charge on any atom is 0.337 e. The molecule has 1 amide bonds. The number of amides is 1. The van der Waals surface area contributed by atoms with Crippen molar-refractivity contribution in [2.45, 2.75) is 4.90 Å². The molecule has 2 aromatic rings. The molecule has 0 aliphatic heterocycles. The van der Waals surface area contributed by atoms with Gasteiger partial charge in [0.1, 0.15) is 0 Å². The zero-order chi connectivity index (χ0) is 21.8. The fourth-order valence-electron chi connectivity index (χ4n) is 2.36. The van der Waals surface area contributed by atoms with Crippen LogP contribution < -0.4 is 10.0 Å². The molecule has 0 atom stereocenters. The molecule has 0 spiro atoms. The Labute approximate surface area is 172 Å². The number of rotatable bonds is 6. The molecule has 0 aromatic heterocycles. The van der Waals surface area contributed by atoms with Crippen LogP contribution in [0.4, 0.5) is 5.69 Å². The molecule has 0 radical (unpaired) electrons. The van der Waals surface area contributed by atoms with Crippen molar-refractivity contribution in [2.75, 3.05) is 26.0 Å². The summed E-state index contributed by atoms with van der Waals surface area (Å²) in [6.07, 6.45) is 0. The van der Waals surface area contributed by atoms with Gasteiger partial charge in [-0.1, -0.05) is 11.6 Å². The maximum absolute atomic E-state index is 12.9. The average Bonchev–Trinajstić information content (AvgIpc) is 2.72. The highest BCUT2D eigenvalue weighted by Gasteiger charge is 2.23. The molecule has 9 nitrogen and oxygen atoms in total. The van der Waals surface area contributed by atoms with Gasteiger partial charge in [0.25, 0.3) is 15.9 Å². The second kappa shape index (κ2) is 8.93. The van der Waals surface area contributed by atoms with Gasteiger partial charge in [-0.25, -0.2) is 18.0 Å². The van der Waals surface area contributed by atoms with Crippen LogP contribution in [-0.4, -0.2) is 47.5 Å². The molecular formula is C18H17ClN2O7S. The van der Waals surface area contributed by atoms with Gasteiger partial charge in [0.2, 0.25) is 0 Å². The van der Waals surface area contributed by atoms with Crippen LogP contribution in [0.3, 0.4) is 0 Å². The van der Waals surface area contributed by atoms with Gasteiger partial charge >= 0.3 is 11.9 Å². The van der Waals surface area contributed by atoms with Crippen LogP contribution in [0.1, 0.15) is 31.1 Å². The lowest BCUT2D eigenvalue weighted by Crippen LogP contribution is -2.22. The molecule has 0 saturated heterocycles. The summed E-state index contributed by atoms with van der Waals surface area (Å²) in [5.74, 6) is -2.25. The molecule has 0 aliphatic rings. The largest absolute Gasteiger partial charge is 0.465 e. The minimum atomic E-state index is -4.31. The number of ether oxygens (including phenoxy) is 2. The third kappa shape index (κ3) is 5.04. The molecule has 0 unspecified atom stereocenters. The highest BCUT2D eigenvalue weighted by molar-refractivity contribution is 7.92. The first-order valence-electron chi connectivity index (χ1n) is 7.99. The third-order valence-electron chi connectivity index (χ3n) is 3.76. The monoisotopic (exact) mass is 440 g/mol. The molecule has 11 heteroatoms. The number of esters is 2. The summed E-state index contributed by atoms with van der Waals surface area (Å²) in [4.78, 5) is 35.4. The molecule has 2 N–H and O–H groups in total. The molecule has 0 aliphatic carbocycles. The molecule has 2 aromatic carbocycles. The molecule has 0 saturated carbocycles. The Hall–Kier alpha value is -3.11. The van der Waals surface area contributed by atoms with Crippen LogP contribution >= 0.6 is 11.6 Å². The van der Waals surface area contributed by atoms with Crippen molar-refractivity contribution in [3.8, 4) is 0 Å². The SMILES string of the molecule is CNC(=O)c1cc(Cl)ccc1NS(=O)(=O)c1cc(C(=O)OC)cc(C(=O)OC)c1. The minimum Gasteiger partial charge on any atom is -0.465 e. The van der Waals surface area contributed by atoms with Crippen molar-refractivity contribution in [1.82, 2.24) is 5.32 Å². The van der Waals surface area contributed by atoms with Gasteiger partial charge in [0.05, 0.1) is 41.5 Å². The number of nitrogens with one attached hydrogen (secondary N) is 2. The second-order valence-corrected chi connectivity index (χ2v) is 7.72. The van der Waals surface area contributed by atoms with Gasteiger partial charge in [-0.2, -0.15) is 0 Å². The van der Waals surface area contributed by atoms with Crippen LogP contribution in [0.25, 0.3) is 0 Å². The number of halogens is 1. The lowest BCUT2D eigenvalue weighted by Gasteiger charge is -2.14. The van der Waals surface area contributed by atoms with E-state index in [0.29, 0.717) is 0 Å². The number of benzene rings is 2. The predicted octanol–water partition coefficient (Wildman–Crippen LogP) is 2.07. The number of sulfonamides is 1. The normalized spacial score (nSPS) is 10.8. The second-order valence-electron chi connectivity index (χ2n) is 5.60. The van der Waals surface area contributed by atoms with Gasteiger partial charge < -0.3 is 14.8 Å². The summed E-state index contributed by atoms with van der Waals surface area (Å²) in [5, 5.41) is 2.61. The van der Waals surface area contributed by atoms with Crippen LogP contribution in [0.2, 0.25) is 5.02 Å². The van der Waals surface area contributed by atoms with Gasteiger partial charge in [0, 0.05) is 12.1 Å². The smallest absolute Gasteiger partial charge is 0.337 e. The van der Waals surface area contributed by atoms with Crippen molar-refractivity contribution >= 4 is 45.2 Å². The van der Waals surface area contributed by atoms with E-state index in [9.17, 15) is 22.8 Å². The first-order valence-corrected chi connectivity index (χ1v) is 9.85. The Morgan fingerprint density at radius 1 is 0.931 bits per heavy atom. The topological polar surface area (TPSA) is 128 Å². The fraction of sp³-hybridized carbons (Fsp3) is 0.167. The van der Waals surface area contributed by atoms with Crippen molar-refractivity contribution in [2.24, 2.45) is 0 Å². The standard InChI is InChI=1S/C18H17ClN2O7S/c1-20-16(22)14-9-12(19)4-5-15(14)21-29(25,26)13-7-10(17(23)27-2)6-11(8-13)18(24)28-3/h4-9,21H,1-3H3,(H,20,22). The molecule has 2 rings (SSSR count). The molecule has 0 bridgehead atoms. The number of hydrogen-bond acceptors (Lipinski definition) is 7. The van der Waals surface area contributed by atoms with E-state index in [1.807, 2.05) is 0 Å². The molecule has 0 fully saturated rings. The quantitative estimate of drug-likeness (QED) is 0.658. The lowest BCUT2D eigenvalue weighted by molar-refractivity contribution is 0.0598. The van der Waals surface area contributed by atoms with Gasteiger partial charge in [-0.15, -0.1) is 0 Å². The summed E-state index contributed by atoms with van der Waals surface area (Å²) in [6, 6.07) is 7.23. The Bertz CT molecular complexity index is 1050. The minimum absolute atomic E-state index is 0.0131. The predicted molar refractivity (Wildman–Crippen MR) is 105 cm³/mol. The summed E-state index contributed by atoms with van der Waals surface area (Å²) in [6.45, 7) is 0. The van der Waals surface area contributed by atoms with E-state index in [-0.39, 0.29) is 27.4 Å². The number of anilines is 1. The van der Waals surface area contributed by atoms with Gasteiger partial charge in [-0.3, -0.25) is 9.52 Å². The van der Waals surface area contributed by atoms with E-state index in [4.69, 9.17) is 11.6 Å². The van der Waals surface area contributed by atoms with Crippen LogP contribution in [0.15, 0.2) is 41.3 Å². The Kier molecular flexibility index (Phi) is 6.83.